The number of nitrogens with one attached hydrogen (secondary N) is 1. The van der Waals surface area contributed by atoms with Gasteiger partial charge in [-0.1, -0.05) is 12.1 Å². The molecule has 1 amide bonds. The molecule has 9 nitrogen and oxygen atoms in total. The molecule has 2 aliphatic rings. The molecule has 156 valence electrons. The van der Waals surface area contributed by atoms with Crippen molar-refractivity contribution in [1.82, 2.24) is 14.5 Å². The zero-order valence-corrected chi connectivity index (χ0v) is 17.2. The van der Waals surface area contributed by atoms with E-state index in [0.29, 0.717) is 19.1 Å². The van der Waals surface area contributed by atoms with Crippen molar-refractivity contribution in [2.75, 3.05) is 32.7 Å². The molecule has 1 aromatic rings. The number of carbonyl (C=O) groups excluding carboxylic acids is 1. The number of piperazine rings is 1. The van der Waals surface area contributed by atoms with Gasteiger partial charge in [0.25, 0.3) is 5.69 Å². The summed E-state index contributed by atoms with van der Waals surface area (Å²) in [7, 11) is -3.98. The van der Waals surface area contributed by atoms with Crippen molar-refractivity contribution in [3.05, 3.63) is 34.4 Å². The van der Waals surface area contributed by atoms with Crippen LogP contribution < -0.4 is 5.32 Å². The minimum Gasteiger partial charge on any atom is -0.340 e. The summed E-state index contributed by atoms with van der Waals surface area (Å²) in [6.07, 6.45) is 1.57. The fourth-order valence-electron chi connectivity index (χ4n) is 3.73. The molecule has 2 fully saturated rings. The average molecular weight is 433 g/mol. The van der Waals surface area contributed by atoms with Gasteiger partial charge in [0.15, 0.2) is 4.90 Å². The van der Waals surface area contributed by atoms with E-state index in [1.807, 2.05) is 0 Å². The van der Waals surface area contributed by atoms with Crippen LogP contribution in [0.1, 0.15) is 19.8 Å². The Morgan fingerprint density at radius 1 is 1.21 bits per heavy atom. The summed E-state index contributed by atoms with van der Waals surface area (Å²) in [4.78, 5) is 24.6. The van der Waals surface area contributed by atoms with E-state index in [9.17, 15) is 23.3 Å². The topological polar surface area (TPSA) is 113 Å². The Hall–Kier alpha value is -1.75. The highest BCUT2D eigenvalue weighted by molar-refractivity contribution is 7.89. The molecular formula is C17H25ClN4O5S. The van der Waals surface area contributed by atoms with E-state index in [2.05, 4.69) is 12.2 Å². The van der Waals surface area contributed by atoms with Crippen molar-refractivity contribution < 1.29 is 18.1 Å². The summed E-state index contributed by atoms with van der Waals surface area (Å²) in [6.45, 7) is 3.75. The molecule has 1 aromatic carbocycles. The van der Waals surface area contributed by atoms with E-state index in [1.165, 1.54) is 28.6 Å². The minimum absolute atomic E-state index is 0. The molecule has 0 aromatic heterocycles. The molecule has 0 aliphatic carbocycles. The number of nitro groups is 1. The lowest BCUT2D eigenvalue weighted by atomic mass is 9.92. The summed E-state index contributed by atoms with van der Waals surface area (Å²) >= 11 is 0. The molecule has 0 unspecified atom stereocenters. The van der Waals surface area contributed by atoms with E-state index in [-0.39, 0.29) is 42.2 Å². The zero-order chi connectivity index (χ0) is 19.6. The number of hydrogen-bond donors (Lipinski definition) is 1. The Bertz CT molecular complexity index is 827. The maximum atomic E-state index is 12.8. The second-order valence-corrected chi connectivity index (χ2v) is 8.94. The third kappa shape index (κ3) is 4.62. The summed E-state index contributed by atoms with van der Waals surface area (Å²) in [6, 6.07) is 5.64. The van der Waals surface area contributed by atoms with Crippen molar-refractivity contribution in [3.8, 4) is 0 Å². The van der Waals surface area contributed by atoms with E-state index in [0.717, 1.165) is 19.4 Å². The van der Waals surface area contributed by atoms with Gasteiger partial charge in [0, 0.05) is 44.2 Å². The SMILES string of the molecule is C[C@H]1C[C@@H](C(=O)N2CCN(S(=O)(=O)c3ccccc3[N+](=O)[O-])CC2)CCN1.Cl. The Labute approximate surface area is 170 Å². The van der Waals surface area contributed by atoms with Crippen LogP contribution >= 0.6 is 12.4 Å². The van der Waals surface area contributed by atoms with Gasteiger partial charge in [-0.3, -0.25) is 14.9 Å². The number of benzene rings is 1. The quantitative estimate of drug-likeness (QED) is 0.565. The molecule has 2 heterocycles. The Kier molecular flexibility index (Phi) is 7.38. The highest BCUT2D eigenvalue weighted by atomic mass is 35.5. The number of nitrogens with zero attached hydrogens (tertiary/aromatic N) is 3. The third-order valence-electron chi connectivity index (χ3n) is 5.20. The lowest BCUT2D eigenvalue weighted by Gasteiger charge is -2.37. The second kappa shape index (κ2) is 9.17. The van der Waals surface area contributed by atoms with Gasteiger partial charge in [0.1, 0.15) is 0 Å². The fraction of sp³-hybridized carbons (Fsp3) is 0.588. The summed E-state index contributed by atoms with van der Waals surface area (Å²) in [5.41, 5.74) is -0.431. The van der Waals surface area contributed by atoms with Gasteiger partial charge in [0.2, 0.25) is 15.9 Å². The maximum Gasteiger partial charge on any atom is 0.289 e. The van der Waals surface area contributed by atoms with Crippen LogP contribution in [0.25, 0.3) is 0 Å². The van der Waals surface area contributed by atoms with E-state index in [4.69, 9.17) is 0 Å². The van der Waals surface area contributed by atoms with Crippen LogP contribution in [0, 0.1) is 16.0 Å². The smallest absolute Gasteiger partial charge is 0.289 e. The summed E-state index contributed by atoms with van der Waals surface area (Å²) in [5, 5.41) is 14.5. The highest BCUT2D eigenvalue weighted by Gasteiger charge is 2.36. The van der Waals surface area contributed by atoms with Gasteiger partial charge >= 0.3 is 0 Å². The molecule has 0 saturated carbocycles. The van der Waals surface area contributed by atoms with Crippen molar-refractivity contribution in [3.63, 3.8) is 0 Å². The largest absolute Gasteiger partial charge is 0.340 e. The van der Waals surface area contributed by atoms with E-state index >= 15 is 0 Å². The van der Waals surface area contributed by atoms with Gasteiger partial charge in [-0.15, -0.1) is 12.4 Å². The van der Waals surface area contributed by atoms with Crippen molar-refractivity contribution in [2.45, 2.75) is 30.7 Å². The standard InChI is InChI=1S/C17H24N4O5S.ClH/c1-13-12-14(6-7-18-13)17(22)19-8-10-20(11-9-19)27(25,26)16-5-3-2-4-15(16)21(23)24;/h2-5,13-14,18H,6-12H2,1H3;1H/t13-,14-;/m0./s1. The molecule has 11 heteroatoms. The molecule has 0 spiro atoms. The summed E-state index contributed by atoms with van der Waals surface area (Å²) < 4.78 is 26.9. The van der Waals surface area contributed by atoms with Crippen molar-refractivity contribution in [1.29, 1.82) is 0 Å². The number of piperidine rings is 1. The van der Waals surface area contributed by atoms with Crippen LogP contribution in [-0.4, -0.2) is 67.2 Å². The van der Waals surface area contributed by atoms with Gasteiger partial charge < -0.3 is 10.2 Å². The van der Waals surface area contributed by atoms with Crippen LogP contribution in [-0.2, 0) is 14.8 Å². The predicted octanol–water partition coefficient (Wildman–Crippen LogP) is 1.24. The number of hydrogen-bond acceptors (Lipinski definition) is 6. The normalized spacial score (nSPS) is 23.7. The Morgan fingerprint density at radius 3 is 2.46 bits per heavy atom. The monoisotopic (exact) mass is 432 g/mol. The first-order chi connectivity index (χ1) is 12.8. The summed E-state index contributed by atoms with van der Waals surface area (Å²) in [5.74, 6) is 0.0470. The molecule has 2 aliphatic heterocycles. The van der Waals surface area contributed by atoms with Crippen molar-refractivity contribution in [2.24, 2.45) is 5.92 Å². The minimum atomic E-state index is -3.98. The number of rotatable bonds is 4. The predicted molar refractivity (Wildman–Crippen MR) is 106 cm³/mol. The van der Waals surface area contributed by atoms with Gasteiger partial charge in [-0.2, -0.15) is 4.31 Å². The Morgan fingerprint density at radius 2 is 1.86 bits per heavy atom. The molecule has 1 N–H and O–H groups in total. The molecular weight excluding hydrogens is 408 g/mol. The molecule has 2 saturated heterocycles. The van der Waals surface area contributed by atoms with Gasteiger partial charge in [0.05, 0.1) is 4.92 Å². The molecule has 0 radical (unpaired) electrons. The number of amides is 1. The first-order valence-corrected chi connectivity index (χ1v) is 10.5. The lowest BCUT2D eigenvalue weighted by Crippen LogP contribution is -2.53. The number of nitro benzene ring substituents is 1. The number of carbonyl (C=O) groups is 1. The first-order valence-electron chi connectivity index (χ1n) is 9.06. The molecule has 0 bridgehead atoms. The van der Waals surface area contributed by atoms with Crippen LogP contribution in [0.5, 0.6) is 0 Å². The number of halogens is 1. The van der Waals surface area contributed by atoms with Crippen LogP contribution in [0.15, 0.2) is 29.2 Å². The molecule has 2 atom stereocenters. The molecule has 3 rings (SSSR count). The van der Waals surface area contributed by atoms with Gasteiger partial charge in [-0.05, 0) is 32.4 Å². The third-order valence-corrected chi connectivity index (χ3v) is 7.15. The van der Waals surface area contributed by atoms with E-state index in [1.54, 1.807) is 4.90 Å². The second-order valence-electron chi connectivity index (χ2n) is 7.03. The highest BCUT2D eigenvalue weighted by Crippen LogP contribution is 2.27. The average Bonchev–Trinajstić information content (AvgIpc) is 2.67. The van der Waals surface area contributed by atoms with Crippen LogP contribution in [0.4, 0.5) is 5.69 Å². The first kappa shape index (κ1) is 22.5. The van der Waals surface area contributed by atoms with Crippen LogP contribution in [0.2, 0.25) is 0 Å². The van der Waals surface area contributed by atoms with Crippen LogP contribution in [0.3, 0.4) is 0 Å². The maximum absolute atomic E-state index is 12.8. The van der Waals surface area contributed by atoms with Crippen molar-refractivity contribution >= 4 is 34.0 Å². The fourth-order valence-corrected chi connectivity index (χ4v) is 5.31. The zero-order valence-electron chi connectivity index (χ0n) is 15.6. The Balaban J connectivity index is 0.00000280. The molecule has 28 heavy (non-hydrogen) atoms. The van der Waals surface area contributed by atoms with E-state index < -0.39 is 20.6 Å². The van der Waals surface area contributed by atoms with Gasteiger partial charge in [-0.25, -0.2) is 8.42 Å². The lowest BCUT2D eigenvalue weighted by molar-refractivity contribution is -0.387. The number of para-hydroxylation sites is 1. The number of sulfonamides is 1.